The van der Waals surface area contributed by atoms with Crippen LogP contribution in [0.15, 0.2) is 29.3 Å². The Kier molecular flexibility index (Phi) is 3.51. The normalized spacial score (nSPS) is 19.8. The molecule has 98 valence electrons. The number of hydrogen-bond donors (Lipinski definition) is 0. The highest BCUT2D eigenvalue weighted by molar-refractivity contribution is 8.00. The van der Waals surface area contributed by atoms with Crippen molar-refractivity contribution in [3.05, 3.63) is 30.0 Å². The Morgan fingerprint density at radius 1 is 1.16 bits per heavy atom. The first-order valence-electron chi connectivity index (χ1n) is 6.67. The minimum absolute atomic E-state index is 0.0721. The maximum absolute atomic E-state index is 11.9. The molecule has 0 saturated heterocycles. The van der Waals surface area contributed by atoms with Crippen LogP contribution in [0.25, 0.3) is 11.0 Å². The molecule has 19 heavy (non-hydrogen) atoms. The van der Waals surface area contributed by atoms with Gasteiger partial charge in [0.05, 0.1) is 22.0 Å². The molecule has 0 N–H and O–H groups in total. The molecule has 1 atom stereocenters. The summed E-state index contributed by atoms with van der Waals surface area (Å²) in [6.07, 6.45) is 3.87. The van der Waals surface area contributed by atoms with Crippen LogP contribution in [-0.2, 0) is 4.79 Å². The summed E-state index contributed by atoms with van der Waals surface area (Å²) < 4.78 is 0. The second-order valence-electron chi connectivity index (χ2n) is 4.92. The fourth-order valence-corrected chi connectivity index (χ4v) is 3.56. The van der Waals surface area contributed by atoms with Gasteiger partial charge in [-0.15, -0.1) is 0 Å². The largest absolute Gasteiger partial charge is 0.298 e. The maximum Gasteiger partial charge on any atom is 0.146 e. The van der Waals surface area contributed by atoms with Crippen LogP contribution in [0.5, 0.6) is 0 Å². The third-order valence-corrected chi connectivity index (χ3v) is 4.85. The van der Waals surface area contributed by atoms with Gasteiger partial charge in [-0.25, -0.2) is 9.97 Å². The highest BCUT2D eigenvalue weighted by Crippen LogP contribution is 2.32. The molecule has 0 unspecified atom stereocenters. The molecule has 0 bridgehead atoms. The Hall–Kier alpha value is -1.42. The van der Waals surface area contributed by atoms with Crippen molar-refractivity contribution < 1.29 is 4.79 Å². The van der Waals surface area contributed by atoms with Crippen molar-refractivity contribution in [3.63, 3.8) is 0 Å². The van der Waals surface area contributed by atoms with Gasteiger partial charge in [0.2, 0.25) is 0 Å². The Balaban J connectivity index is 1.91. The molecule has 0 amide bonds. The molecule has 0 radical (unpaired) electrons. The van der Waals surface area contributed by atoms with E-state index in [0.717, 1.165) is 47.4 Å². The summed E-state index contributed by atoms with van der Waals surface area (Å²) in [5, 5.41) is 0.974. The number of Topliss-reactive ketones (excluding diaryl/α,β-unsaturated/α-hetero) is 1. The molecule has 1 aromatic heterocycles. The number of para-hydroxylation sites is 2. The number of carbonyl (C=O) groups is 1. The minimum atomic E-state index is 0.0721. The molecular weight excluding hydrogens is 256 g/mol. The molecule has 3 nitrogen and oxygen atoms in total. The van der Waals surface area contributed by atoms with E-state index in [0.29, 0.717) is 5.78 Å². The predicted molar refractivity (Wildman–Crippen MR) is 77.4 cm³/mol. The van der Waals surface area contributed by atoms with E-state index >= 15 is 0 Å². The molecule has 1 aromatic carbocycles. The quantitative estimate of drug-likeness (QED) is 0.838. The molecule has 4 heteroatoms. The van der Waals surface area contributed by atoms with Crippen molar-refractivity contribution in [1.29, 1.82) is 0 Å². The number of thioether (sulfide) groups is 1. The number of hydrogen-bond acceptors (Lipinski definition) is 4. The lowest BCUT2D eigenvalue weighted by Crippen LogP contribution is -2.21. The summed E-state index contributed by atoms with van der Waals surface area (Å²) >= 11 is 1.59. The van der Waals surface area contributed by atoms with E-state index in [4.69, 9.17) is 0 Å². The topological polar surface area (TPSA) is 42.9 Å². The van der Waals surface area contributed by atoms with Crippen LogP contribution < -0.4 is 0 Å². The number of carbonyl (C=O) groups excluding carboxylic acids is 1. The van der Waals surface area contributed by atoms with Crippen molar-refractivity contribution >= 4 is 28.6 Å². The minimum Gasteiger partial charge on any atom is -0.298 e. The van der Waals surface area contributed by atoms with Crippen LogP contribution in [0.3, 0.4) is 0 Å². The first kappa shape index (κ1) is 12.6. The molecule has 3 rings (SSSR count). The van der Waals surface area contributed by atoms with Crippen molar-refractivity contribution in [3.8, 4) is 0 Å². The average Bonchev–Trinajstić information content (AvgIpc) is 2.42. The molecule has 1 heterocycles. The second-order valence-corrected chi connectivity index (χ2v) is 6.11. The lowest BCUT2D eigenvalue weighted by molar-refractivity contribution is -0.119. The van der Waals surface area contributed by atoms with Gasteiger partial charge >= 0.3 is 0 Å². The summed E-state index contributed by atoms with van der Waals surface area (Å²) in [7, 11) is 0. The number of benzene rings is 1. The summed E-state index contributed by atoms with van der Waals surface area (Å²) in [6, 6.07) is 7.87. The van der Waals surface area contributed by atoms with Crippen LogP contribution in [0.4, 0.5) is 0 Å². The molecule has 1 aliphatic rings. The van der Waals surface area contributed by atoms with Crippen LogP contribution >= 0.6 is 11.8 Å². The summed E-state index contributed by atoms with van der Waals surface area (Å²) in [5.74, 6) is 0.366. The number of rotatable bonds is 2. The van der Waals surface area contributed by atoms with E-state index in [1.807, 2.05) is 31.2 Å². The van der Waals surface area contributed by atoms with E-state index in [-0.39, 0.29) is 5.25 Å². The highest BCUT2D eigenvalue weighted by Gasteiger charge is 2.24. The molecule has 2 aromatic rings. The summed E-state index contributed by atoms with van der Waals surface area (Å²) in [6.45, 7) is 1.97. The second kappa shape index (κ2) is 5.29. The zero-order valence-electron chi connectivity index (χ0n) is 10.9. The highest BCUT2D eigenvalue weighted by atomic mass is 32.2. The molecular formula is C15H16N2OS. The monoisotopic (exact) mass is 272 g/mol. The fourth-order valence-electron chi connectivity index (χ4n) is 2.39. The molecule has 1 saturated carbocycles. The van der Waals surface area contributed by atoms with Crippen molar-refractivity contribution in [1.82, 2.24) is 9.97 Å². The molecule has 1 aliphatic carbocycles. The maximum atomic E-state index is 11.9. The van der Waals surface area contributed by atoms with Gasteiger partial charge < -0.3 is 0 Å². The van der Waals surface area contributed by atoms with E-state index in [9.17, 15) is 4.79 Å². The predicted octanol–water partition coefficient (Wildman–Crippen LogP) is 3.54. The Labute approximate surface area is 116 Å². The number of ketones is 1. The number of aryl methyl sites for hydroxylation is 1. The third kappa shape index (κ3) is 2.63. The SMILES string of the molecule is Cc1nc2ccccc2nc1S[C@H]1CCCCC1=O. The Bertz CT molecular complexity index is 627. The van der Waals surface area contributed by atoms with E-state index in [2.05, 4.69) is 9.97 Å². The Morgan fingerprint density at radius 2 is 1.89 bits per heavy atom. The number of nitrogens with zero attached hydrogens (tertiary/aromatic N) is 2. The van der Waals surface area contributed by atoms with Crippen molar-refractivity contribution in [2.45, 2.75) is 42.9 Å². The standard InChI is InChI=1S/C15H16N2OS/c1-10-15(19-14-9-5-4-8-13(14)18)17-12-7-3-2-6-11(12)16-10/h2-3,6-7,14H,4-5,8-9H2,1H3/t14-/m0/s1. The lowest BCUT2D eigenvalue weighted by atomic mass is 9.99. The van der Waals surface area contributed by atoms with Crippen molar-refractivity contribution in [2.75, 3.05) is 0 Å². The van der Waals surface area contributed by atoms with E-state index in [1.165, 1.54) is 0 Å². The van der Waals surface area contributed by atoms with Crippen molar-refractivity contribution in [2.24, 2.45) is 0 Å². The van der Waals surface area contributed by atoms with Gasteiger partial charge in [-0.1, -0.05) is 30.3 Å². The lowest BCUT2D eigenvalue weighted by Gasteiger charge is -2.20. The zero-order valence-corrected chi connectivity index (χ0v) is 11.7. The first-order valence-corrected chi connectivity index (χ1v) is 7.55. The summed E-state index contributed by atoms with van der Waals surface area (Å²) in [5.41, 5.74) is 2.74. The van der Waals surface area contributed by atoms with Crippen LogP contribution in [-0.4, -0.2) is 21.0 Å². The third-order valence-electron chi connectivity index (χ3n) is 3.45. The van der Waals surface area contributed by atoms with Gasteiger partial charge in [0.1, 0.15) is 10.8 Å². The first-order chi connectivity index (χ1) is 9.24. The van der Waals surface area contributed by atoms with Crippen LogP contribution in [0.1, 0.15) is 31.4 Å². The number of fused-ring (bicyclic) bond motifs is 1. The van der Waals surface area contributed by atoms with Gasteiger partial charge in [-0.05, 0) is 31.9 Å². The molecule has 1 fully saturated rings. The zero-order chi connectivity index (χ0) is 13.2. The van der Waals surface area contributed by atoms with Gasteiger partial charge in [0, 0.05) is 6.42 Å². The fraction of sp³-hybridized carbons (Fsp3) is 0.400. The molecule has 0 spiro atoms. The molecule has 0 aliphatic heterocycles. The van der Waals surface area contributed by atoms with Gasteiger partial charge in [0.15, 0.2) is 0 Å². The Morgan fingerprint density at radius 3 is 2.63 bits per heavy atom. The van der Waals surface area contributed by atoms with Gasteiger partial charge in [-0.3, -0.25) is 4.79 Å². The van der Waals surface area contributed by atoms with Crippen LogP contribution in [0.2, 0.25) is 0 Å². The smallest absolute Gasteiger partial charge is 0.146 e. The van der Waals surface area contributed by atoms with E-state index in [1.54, 1.807) is 11.8 Å². The van der Waals surface area contributed by atoms with Gasteiger partial charge in [-0.2, -0.15) is 0 Å². The van der Waals surface area contributed by atoms with Crippen LogP contribution in [0, 0.1) is 6.92 Å². The van der Waals surface area contributed by atoms with Gasteiger partial charge in [0.25, 0.3) is 0 Å². The van der Waals surface area contributed by atoms with E-state index < -0.39 is 0 Å². The average molecular weight is 272 g/mol. The summed E-state index contributed by atoms with van der Waals surface area (Å²) in [4.78, 5) is 21.1. The number of aromatic nitrogens is 2.